The van der Waals surface area contributed by atoms with Gasteiger partial charge in [0.2, 0.25) is 0 Å². The molecule has 1 aromatic rings. The number of methoxy groups -OCH3 is 1. The number of carbonyl (C=O) groups is 1. The second-order valence-corrected chi connectivity index (χ2v) is 7.14. The zero-order chi connectivity index (χ0) is 14.9. The Labute approximate surface area is 135 Å². The molecule has 2 rings (SSSR count). The van der Waals surface area contributed by atoms with Crippen LogP contribution in [-0.2, 0) is 9.53 Å². The number of rotatable bonds is 3. The molecule has 0 radical (unpaired) electrons. The van der Waals surface area contributed by atoms with E-state index in [4.69, 9.17) is 17.0 Å². The molecule has 0 amide bonds. The lowest BCUT2D eigenvalue weighted by Gasteiger charge is -2.36. The van der Waals surface area contributed by atoms with Gasteiger partial charge in [-0.1, -0.05) is 0 Å². The standard InChI is InChI=1S/C13H15BrN2O2S2/c1-4-16-7(2)10(12(17)18-3)11(15-13(16)19)8-5-6-9(14)20-8/h5-6,11H,4H2,1-3H3,(H,15,19)/t11-/m1/s1. The van der Waals surface area contributed by atoms with Crippen molar-refractivity contribution < 1.29 is 9.53 Å². The van der Waals surface area contributed by atoms with E-state index in [0.717, 1.165) is 14.4 Å². The van der Waals surface area contributed by atoms with Gasteiger partial charge < -0.3 is 15.0 Å². The van der Waals surface area contributed by atoms with Crippen LogP contribution in [-0.4, -0.2) is 29.6 Å². The molecule has 7 heteroatoms. The van der Waals surface area contributed by atoms with E-state index in [-0.39, 0.29) is 12.0 Å². The summed E-state index contributed by atoms with van der Waals surface area (Å²) in [6, 6.07) is 3.68. The monoisotopic (exact) mass is 374 g/mol. The van der Waals surface area contributed by atoms with Crippen LogP contribution in [0.5, 0.6) is 0 Å². The third-order valence-electron chi connectivity index (χ3n) is 3.20. The summed E-state index contributed by atoms with van der Waals surface area (Å²) in [6.45, 7) is 4.60. The Bertz CT molecular complexity index is 583. The summed E-state index contributed by atoms with van der Waals surface area (Å²) in [5.74, 6) is -0.328. The minimum absolute atomic E-state index is 0.256. The molecule has 0 unspecified atom stereocenters. The molecule has 4 nitrogen and oxygen atoms in total. The van der Waals surface area contributed by atoms with Gasteiger partial charge in [0.05, 0.1) is 22.5 Å². The molecule has 108 valence electrons. The minimum Gasteiger partial charge on any atom is -0.466 e. The summed E-state index contributed by atoms with van der Waals surface area (Å²) < 4.78 is 5.95. The Kier molecular flexibility index (Phi) is 4.82. The van der Waals surface area contributed by atoms with Crippen LogP contribution in [0.15, 0.2) is 27.2 Å². The molecule has 1 aliphatic heterocycles. The molecular weight excluding hydrogens is 360 g/mol. The number of nitrogens with one attached hydrogen (secondary N) is 1. The molecule has 0 aromatic carbocycles. The molecule has 0 aliphatic carbocycles. The number of thiophene rings is 1. The molecule has 2 heterocycles. The van der Waals surface area contributed by atoms with Crippen molar-refractivity contribution in [3.05, 3.63) is 32.1 Å². The van der Waals surface area contributed by atoms with Crippen LogP contribution < -0.4 is 5.32 Å². The maximum absolute atomic E-state index is 12.1. The van der Waals surface area contributed by atoms with Gasteiger partial charge in [0.15, 0.2) is 5.11 Å². The maximum atomic E-state index is 12.1. The number of ether oxygens (including phenoxy) is 1. The fourth-order valence-electron chi connectivity index (χ4n) is 2.23. The lowest BCUT2D eigenvalue weighted by molar-refractivity contribution is -0.136. The molecule has 0 saturated carbocycles. The zero-order valence-corrected chi connectivity index (χ0v) is 14.6. The first-order chi connectivity index (χ1) is 9.49. The van der Waals surface area contributed by atoms with E-state index >= 15 is 0 Å². The Morgan fingerprint density at radius 1 is 1.60 bits per heavy atom. The quantitative estimate of drug-likeness (QED) is 0.649. The van der Waals surface area contributed by atoms with Gasteiger partial charge in [-0.2, -0.15) is 0 Å². The third-order valence-corrected chi connectivity index (χ3v) is 5.22. The summed E-state index contributed by atoms with van der Waals surface area (Å²) in [4.78, 5) is 15.1. The summed E-state index contributed by atoms with van der Waals surface area (Å²) >= 11 is 10.4. The summed E-state index contributed by atoms with van der Waals surface area (Å²) in [6.07, 6.45) is 0. The van der Waals surface area contributed by atoms with Crippen LogP contribution in [0.4, 0.5) is 0 Å². The molecule has 1 N–H and O–H groups in total. The van der Waals surface area contributed by atoms with Crippen LogP contribution in [0.1, 0.15) is 24.8 Å². The molecule has 0 fully saturated rings. The highest BCUT2D eigenvalue weighted by molar-refractivity contribution is 9.11. The predicted molar refractivity (Wildman–Crippen MR) is 87.6 cm³/mol. The molecule has 1 atom stereocenters. The van der Waals surface area contributed by atoms with E-state index in [1.165, 1.54) is 7.11 Å². The second kappa shape index (κ2) is 6.24. The van der Waals surface area contributed by atoms with Crippen molar-refractivity contribution in [3.63, 3.8) is 0 Å². The van der Waals surface area contributed by atoms with Crippen LogP contribution >= 0.6 is 39.5 Å². The Hall–Kier alpha value is -0.920. The van der Waals surface area contributed by atoms with Crippen molar-refractivity contribution in [3.8, 4) is 0 Å². The Balaban J connectivity index is 2.52. The molecule has 1 aromatic heterocycles. The van der Waals surface area contributed by atoms with E-state index < -0.39 is 0 Å². The average molecular weight is 375 g/mol. The third kappa shape index (κ3) is 2.75. The molecular formula is C13H15BrN2O2S2. The van der Waals surface area contributed by atoms with E-state index in [1.54, 1.807) is 11.3 Å². The molecule has 0 bridgehead atoms. The first-order valence-electron chi connectivity index (χ1n) is 6.12. The summed E-state index contributed by atoms with van der Waals surface area (Å²) in [5, 5.41) is 3.86. The fourth-order valence-corrected chi connectivity index (χ4v) is 4.10. The number of nitrogens with zero attached hydrogens (tertiary/aromatic N) is 1. The van der Waals surface area contributed by atoms with Crippen molar-refractivity contribution in [2.24, 2.45) is 0 Å². The highest BCUT2D eigenvalue weighted by Crippen LogP contribution is 2.36. The summed E-state index contributed by atoms with van der Waals surface area (Å²) in [7, 11) is 1.40. The van der Waals surface area contributed by atoms with E-state index in [9.17, 15) is 4.79 Å². The average Bonchev–Trinajstić information content (AvgIpc) is 2.84. The predicted octanol–water partition coefficient (Wildman–Crippen LogP) is 3.21. The van der Waals surface area contributed by atoms with Gasteiger partial charge >= 0.3 is 5.97 Å². The van der Waals surface area contributed by atoms with Gasteiger partial charge in [-0.05, 0) is 54.1 Å². The van der Waals surface area contributed by atoms with Crippen LogP contribution in [0.25, 0.3) is 0 Å². The van der Waals surface area contributed by atoms with Crippen molar-refractivity contribution in [1.82, 2.24) is 10.2 Å². The van der Waals surface area contributed by atoms with Gasteiger partial charge in [-0.3, -0.25) is 0 Å². The van der Waals surface area contributed by atoms with Crippen molar-refractivity contribution in [2.75, 3.05) is 13.7 Å². The van der Waals surface area contributed by atoms with E-state index in [2.05, 4.69) is 21.2 Å². The van der Waals surface area contributed by atoms with Crippen molar-refractivity contribution in [1.29, 1.82) is 0 Å². The maximum Gasteiger partial charge on any atom is 0.338 e. The topological polar surface area (TPSA) is 41.6 Å². The normalized spacial score (nSPS) is 19.1. The van der Waals surface area contributed by atoms with Crippen LogP contribution in [0.2, 0.25) is 0 Å². The van der Waals surface area contributed by atoms with Gasteiger partial charge in [-0.15, -0.1) is 11.3 Å². The fraction of sp³-hybridized carbons (Fsp3) is 0.385. The molecule has 0 saturated heterocycles. The summed E-state index contributed by atoms with van der Waals surface area (Å²) in [5.41, 5.74) is 1.45. The van der Waals surface area contributed by atoms with Crippen LogP contribution in [0, 0.1) is 0 Å². The highest BCUT2D eigenvalue weighted by atomic mass is 79.9. The van der Waals surface area contributed by atoms with Crippen molar-refractivity contribution in [2.45, 2.75) is 19.9 Å². The van der Waals surface area contributed by atoms with Crippen LogP contribution in [0.3, 0.4) is 0 Å². The van der Waals surface area contributed by atoms with Gasteiger partial charge in [0, 0.05) is 17.1 Å². The number of allylic oxidation sites excluding steroid dienone is 1. The first kappa shape index (κ1) is 15.5. The lowest BCUT2D eigenvalue weighted by atomic mass is 10.0. The first-order valence-corrected chi connectivity index (χ1v) is 8.13. The zero-order valence-electron chi connectivity index (χ0n) is 11.4. The lowest BCUT2D eigenvalue weighted by Crippen LogP contribution is -2.47. The van der Waals surface area contributed by atoms with E-state index in [1.807, 2.05) is 30.9 Å². The molecule has 20 heavy (non-hydrogen) atoms. The van der Waals surface area contributed by atoms with E-state index in [0.29, 0.717) is 17.2 Å². The molecule has 0 spiro atoms. The SMILES string of the molecule is CCN1C(=S)N[C@H](c2ccc(Br)s2)C(C(=O)OC)=C1C. The number of carbonyl (C=O) groups excluding carboxylic acids is 1. The Morgan fingerprint density at radius 3 is 2.80 bits per heavy atom. The number of hydrogen-bond acceptors (Lipinski definition) is 4. The van der Waals surface area contributed by atoms with Gasteiger partial charge in [0.25, 0.3) is 0 Å². The number of esters is 1. The number of halogens is 1. The smallest absolute Gasteiger partial charge is 0.338 e. The minimum atomic E-state index is -0.328. The van der Waals surface area contributed by atoms with Crippen molar-refractivity contribution >= 4 is 50.6 Å². The number of hydrogen-bond donors (Lipinski definition) is 1. The largest absolute Gasteiger partial charge is 0.466 e. The van der Waals surface area contributed by atoms with Gasteiger partial charge in [-0.25, -0.2) is 4.79 Å². The second-order valence-electron chi connectivity index (χ2n) is 4.26. The number of thiocarbonyl (C=S) groups is 1. The van der Waals surface area contributed by atoms with Gasteiger partial charge in [0.1, 0.15) is 0 Å². The molecule has 1 aliphatic rings. The Morgan fingerprint density at radius 2 is 2.30 bits per heavy atom. The highest BCUT2D eigenvalue weighted by Gasteiger charge is 2.34.